The van der Waals surface area contributed by atoms with Crippen LogP contribution in [-0.2, 0) is 9.59 Å². The minimum absolute atomic E-state index is 0.0416. The molecule has 0 aromatic rings. The van der Waals surface area contributed by atoms with Gasteiger partial charge in [-0.2, -0.15) is 0 Å². The summed E-state index contributed by atoms with van der Waals surface area (Å²) in [7, 11) is 0. The second kappa shape index (κ2) is 6.89. The van der Waals surface area contributed by atoms with Gasteiger partial charge in [-0.05, 0) is 52.2 Å². The van der Waals surface area contributed by atoms with Gasteiger partial charge in [0.25, 0.3) is 0 Å². The number of amides is 1. The van der Waals surface area contributed by atoms with E-state index in [9.17, 15) is 9.59 Å². The van der Waals surface area contributed by atoms with Crippen LogP contribution in [-0.4, -0.2) is 47.6 Å². The third kappa shape index (κ3) is 4.20. The summed E-state index contributed by atoms with van der Waals surface area (Å²) in [5.41, 5.74) is -1.12. The summed E-state index contributed by atoms with van der Waals surface area (Å²) in [6.07, 6.45) is 2.85. The van der Waals surface area contributed by atoms with Crippen LogP contribution in [0.15, 0.2) is 0 Å². The summed E-state index contributed by atoms with van der Waals surface area (Å²) in [5, 5.41) is 11.9. The Balaban J connectivity index is 2.26. The lowest BCUT2D eigenvalue weighted by atomic mass is 10.1. The van der Waals surface area contributed by atoms with Crippen molar-refractivity contribution in [2.45, 2.75) is 52.5 Å². The van der Waals surface area contributed by atoms with Crippen LogP contribution in [0.4, 0.5) is 0 Å². The smallest absolute Gasteiger partial charge is 0.319 e. The molecule has 2 N–H and O–H groups in total. The Morgan fingerprint density at radius 2 is 1.89 bits per heavy atom. The average Bonchev–Trinajstić information content (AvgIpc) is 3.16. The van der Waals surface area contributed by atoms with Crippen LogP contribution in [0.1, 0.15) is 46.5 Å². The van der Waals surface area contributed by atoms with E-state index in [2.05, 4.69) is 24.1 Å². The Morgan fingerprint density at radius 3 is 2.32 bits per heavy atom. The number of carbonyl (C=O) groups is 2. The quantitative estimate of drug-likeness (QED) is 0.623. The van der Waals surface area contributed by atoms with Gasteiger partial charge in [0.05, 0.1) is 0 Å². The van der Waals surface area contributed by atoms with E-state index in [0.717, 1.165) is 32.5 Å². The molecular formula is C14H26N2O3. The zero-order valence-corrected chi connectivity index (χ0v) is 12.2. The molecule has 1 atom stereocenters. The van der Waals surface area contributed by atoms with Gasteiger partial charge in [-0.3, -0.25) is 9.59 Å². The van der Waals surface area contributed by atoms with Gasteiger partial charge in [0.1, 0.15) is 5.41 Å². The number of aliphatic carboxylic acids is 1. The Bertz CT molecular complexity index is 323. The standard InChI is InChI=1S/C14H26N2O3/c1-4-16(5-2)10-6-7-11(3)15-12(17)14(8-9-14)13(18)19/h11H,4-10H2,1-3H3,(H,15,17)(H,18,19). The van der Waals surface area contributed by atoms with Crippen molar-refractivity contribution in [1.29, 1.82) is 0 Å². The van der Waals surface area contributed by atoms with Crippen LogP contribution in [0.2, 0.25) is 0 Å². The zero-order chi connectivity index (χ0) is 14.5. The van der Waals surface area contributed by atoms with Gasteiger partial charge in [-0.25, -0.2) is 0 Å². The van der Waals surface area contributed by atoms with E-state index in [1.165, 1.54) is 0 Å². The van der Waals surface area contributed by atoms with E-state index in [0.29, 0.717) is 12.8 Å². The number of rotatable bonds is 9. The number of carboxylic acids is 1. The fourth-order valence-corrected chi connectivity index (χ4v) is 2.26. The molecule has 0 aliphatic heterocycles. The van der Waals surface area contributed by atoms with Crippen molar-refractivity contribution in [1.82, 2.24) is 10.2 Å². The van der Waals surface area contributed by atoms with E-state index in [1.54, 1.807) is 0 Å². The predicted molar refractivity (Wildman–Crippen MR) is 73.9 cm³/mol. The highest BCUT2D eigenvalue weighted by Crippen LogP contribution is 2.46. The minimum Gasteiger partial charge on any atom is -0.480 e. The maximum atomic E-state index is 11.9. The molecule has 1 unspecified atom stereocenters. The largest absolute Gasteiger partial charge is 0.480 e. The molecule has 0 bridgehead atoms. The number of hydrogen-bond acceptors (Lipinski definition) is 3. The first-order valence-corrected chi connectivity index (χ1v) is 7.23. The van der Waals surface area contributed by atoms with Crippen LogP contribution in [0.3, 0.4) is 0 Å². The molecule has 0 aromatic carbocycles. The molecule has 1 amide bonds. The third-order valence-electron chi connectivity index (χ3n) is 3.98. The van der Waals surface area contributed by atoms with Crippen LogP contribution in [0.5, 0.6) is 0 Å². The lowest BCUT2D eigenvalue weighted by Crippen LogP contribution is -2.41. The first-order valence-electron chi connectivity index (χ1n) is 7.23. The lowest BCUT2D eigenvalue weighted by molar-refractivity contribution is -0.149. The molecule has 0 spiro atoms. The molecule has 5 heteroatoms. The van der Waals surface area contributed by atoms with Crippen LogP contribution < -0.4 is 5.32 Å². The van der Waals surface area contributed by atoms with E-state index in [4.69, 9.17) is 5.11 Å². The van der Waals surface area contributed by atoms with Gasteiger partial charge in [0.15, 0.2) is 0 Å². The second-order valence-electron chi connectivity index (χ2n) is 5.43. The summed E-state index contributed by atoms with van der Waals surface area (Å²) in [6.45, 7) is 9.32. The molecule has 0 radical (unpaired) electrons. The fraction of sp³-hybridized carbons (Fsp3) is 0.857. The van der Waals surface area contributed by atoms with Gasteiger partial charge >= 0.3 is 5.97 Å². The highest BCUT2D eigenvalue weighted by molar-refractivity contribution is 6.04. The van der Waals surface area contributed by atoms with Crippen LogP contribution in [0.25, 0.3) is 0 Å². The molecule has 110 valence electrons. The molecule has 1 aliphatic rings. The maximum Gasteiger partial charge on any atom is 0.319 e. The van der Waals surface area contributed by atoms with Crippen LogP contribution >= 0.6 is 0 Å². The molecule has 0 saturated heterocycles. The summed E-state index contributed by atoms with van der Waals surface area (Å²) in [5.74, 6) is -1.30. The van der Waals surface area contributed by atoms with Crippen molar-refractivity contribution >= 4 is 11.9 Å². The van der Waals surface area contributed by atoms with Crippen molar-refractivity contribution in [2.75, 3.05) is 19.6 Å². The maximum absolute atomic E-state index is 11.9. The molecule has 1 aliphatic carbocycles. The van der Waals surface area contributed by atoms with Gasteiger partial charge in [0.2, 0.25) is 5.91 Å². The highest BCUT2D eigenvalue weighted by Gasteiger charge is 2.57. The summed E-state index contributed by atoms with van der Waals surface area (Å²) < 4.78 is 0. The topological polar surface area (TPSA) is 69.6 Å². The minimum atomic E-state index is -1.12. The Labute approximate surface area is 115 Å². The molecule has 1 saturated carbocycles. The van der Waals surface area contributed by atoms with Crippen molar-refractivity contribution in [3.05, 3.63) is 0 Å². The molecule has 19 heavy (non-hydrogen) atoms. The Hall–Kier alpha value is -1.10. The highest BCUT2D eigenvalue weighted by atomic mass is 16.4. The number of carboxylic acid groups (broad SMARTS) is 1. The van der Waals surface area contributed by atoms with Crippen molar-refractivity contribution in [3.63, 3.8) is 0 Å². The summed E-state index contributed by atoms with van der Waals surface area (Å²) in [4.78, 5) is 25.2. The van der Waals surface area contributed by atoms with E-state index in [-0.39, 0.29) is 11.9 Å². The predicted octanol–water partition coefficient (Wildman–Crippen LogP) is 1.48. The number of hydrogen-bond donors (Lipinski definition) is 2. The number of carbonyl (C=O) groups excluding carboxylic acids is 1. The molecule has 0 heterocycles. The van der Waals surface area contributed by atoms with Crippen molar-refractivity contribution in [2.24, 2.45) is 5.41 Å². The third-order valence-corrected chi connectivity index (χ3v) is 3.98. The van der Waals surface area contributed by atoms with Gasteiger partial charge < -0.3 is 15.3 Å². The van der Waals surface area contributed by atoms with E-state index < -0.39 is 11.4 Å². The summed E-state index contributed by atoms with van der Waals surface area (Å²) >= 11 is 0. The SMILES string of the molecule is CCN(CC)CCCC(C)NC(=O)C1(C(=O)O)CC1. The second-order valence-corrected chi connectivity index (χ2v) is 5.43. The molecule has 1 rings (SSSR count). The van der Waals surface area contributed by atoms with Gasteiger partial charge in [0, 0.05) is 6.04 Å². The van der Waals surface area contributed by atoms with Crippen molar-refractivity contribution in [3.8, 4) is 0 Å². The van der Waals surface area contributed by atoms with E-state index >= 15 is 0 Å². The average molecular weight is 270 g/mol. The zero-order valence-electron chi connectivity index (χ0n) is 12.2. The molecular weight excluding hydrogens is 244 g/mol. The molecule has 0 aromatic heterocycles. The monoisotopic (exact) mass is 270 g/mol. The lowest BCUT2D eigenvalue weighted by Gasteiger charge is -2.20. The number of nitrogens with one attached hydrogen (secondary N) is 1. The Kier molecular flexibility index (Phi) is 5.79. The first-order chi connectivity index (χ1) is 8.96. The molecule has 5 nitrogen and oxygen atoms in total. The van der Waals surface area contributed by atoms with E-state index in [1.807, 2.05) is 6.92 Å². The number of nitrogens with zero attached hydrogens (tertiary/aromatic N) is 1. The Morgan fingerprint density at radius 1 is 1.32 bits per heavy atom. The normalized spacial score (nSPS) is 18.1. The fourth-order valence-electron chi connectivity index (χ4n) is 2.26. The van der Waals surface area contributed by atoms with Gasteiger partial charge in [-0.15, -0.1) is 0 Å². The summed E-state index contributed by atoms with van der Waals surface area (Å²) in [6, 6.07) is 0.0416. The van der Waals surface area contributed by atoms with Crippen LogP contribution in [0, 0.1) is 5.41 Å². The van der Waals surface area contributed by atoms with Gasteiger partial charge in [-0.1, -0.05) is 13.8 Å². The first kappa shape index (κ1) is 16.0. The van der Waals surface area contributed by atoms with Crippen molar-refractivity contribution < 1.29 is 14.7 Å². The molecule has 1 fully saturated rings.